The number of hydrogen-bond acceptors (Lipinski definition) is 7. The predicted molar refractivity (Wildman–Crippen MR) is 78.4 cm³/mol. The second-order valence-corrected chi connectivity index (χ2v) is 5.06. The van der Waals surface area contributed by atoms with Gasteiger partial charge in [0.1, 0.15) is 10.5 Å². The highest BCUT2D eigenvalue weighted by Crippen LogP contribution is 2.36. The second-order valence-electron chi connectivity index (χ2n) is 4.03. The normalized spacial score (nSPS) is 10.7. The van der Waals surface area contributed by atoms with Crippen LogP contribution < -0.4 is 5.32 Å². The van der Waals surface area contributed by atoms with E-state index in [1.807, 2.05) is 0 Å². The fourth-order valence-corrected chi connectivity index (χ4v) is 2.78. The topological polar surface area (TPSA) is 110 Å². The first-order chi connectivity index (χ1) is 10.2. The molecule has 0 fully saturated rings. The van der Waals surface area contributed by atoms with Crippen molar-refractivity contribution in [3.63, 3.8) is 0 Å². The zero-order valence-corrected chi connectivity index (χ0v) is 11.7. The van der Waals surface area contributed by atoms with E-state index < -0.39 is 4.92 Å². The number of benzene rings is 1. The SMILES string of the molecule is CNc1nc(Sc2ccccc2[N+](=O)[O-])c2[nH]cnc2n1. The van der Waals surface area contributed by atoms with E-state index in [-0.39, 0.29) is 5.69 Å². The van der Waals surface area contributed by atoms with Gasteiger partial charge in [-0.3, -0.25) is 10.1 Å². The van der Waals surface area contributed by atoms with Gasteiger partial charge in [-0.2, -0.15) is 4.98 Å². The highest BCUT2D eigenvalue weighted by atomic mass is 32.2. The monoisotopic (exact) mass is 302 g/mol. The molecule has 0 atom stereocenters. The number of H-pyrrole nitrogens is 1. The quantitative estimate of drug-likeness (QED) is 0.432. The average Bonchev–Trinajstić information content (AvgIpc) is 2.96. The Labute approximate surface area is 123 Å². The van der Waals surface area contributed by atoms with Gasteiger partial charge in [0.2, 0.25) is 5.95 Å². The van der Waals surface area contributed by atoms with Crippen LogP contribution in [-0.4, -0.2) is 31.9 Å². The van der Waals surface area contributed by atoms with Gasteiger partial charge in [-0.1, -0.05) is 23.9 Å². The Morgan fingerprint density at radius 2 is 2.14 bits per heavy atom. The number of imidazole rings is 1. The van der Waals surface area contributed by atoms with Crippen LogP contribution in [-0.2, 0) is 0 Å². The van der Waals surface area contributed by atoms with Gasteiger partial charge in [0.25, 0.3) is 5.69 Å². The lowest BCUT2D eigenvalue weighted by Crippen LogP contribution is -1.98. The maximum absolute atomic E-state index is 11.1. The summed E-state index contributed by atoms with van der Waals surface area (Å²) >= 11 is 1.20. The van der Waals surface area contributed by atoms with Gasteiger partial charge in [0.15, 0.2) is 5.65 Å². The molecule has 0 radical (unpaired) electrons. The molecule has 0 amide bonds. The standard InChI is InChI=1S/C12H10N6O2S/c1-13-12-16-10-9(14-6-15-10)11(17-12)21-8-5-3-2-4-7(8)18(19)20/h2-6H,1H3,(H2,13,14,15,16,17). The van der Waals surface area contributed by atoms with Crippen LogP contribution >= 0.6 is 11.8 Å². The molecule has 1 aromatic carbocycles. The van der Waals surface area contributed by atoms with Gasteiger partial charge in [-0.05, 0) is 6.07 Å². The number of aromatic nitrogens is 4. The summed E-state index contributed by atoms with van der Waals surface area (Å²) in [5.74, 6) is 0.413. The molecule has 2 heterocycles. The third-order valence-corrected chi connectivity index (χ3v) is 3.80. The number of nitro benzene ring substituents is 1. The van der Waals surface area contributed by atoms with Crippen LogP contribution in [0.3, 0.4) is 0 Å². The lowest BCUT2D eigenvalue weighted by Gasteiger charge is -2.05. The number of rotatable bonds is 4. The minimum absolute atomic E-state index is 0.0415. The summed E-state index contributed by atoms with van der Waals surface area (Å²) < 4.78 is 0. The first kappa shape index (κ1) is 13.3. The van der Waals surface area contributed by atoms with Crippen molar-refractivity contribution in [1.29, 1.82) is 0 Å². The largest absolute Gasteiger partial charge is 0.357 e. The Morgan fingerprint density at radius 3 is 2.90 bits per heavy atom. The molecule has 8 nitrogen and oxygen atoms in total. The van der Waals surface area contributed by atoms with Crippen LogP contribution in [0.2, 0.25) is 0 Å². The molecule has 0 saturated heterocycles. The summed E-state index contributed by atoms with van der Waals surface area (Å²) in [5.41, 5.74) is 1.20. The lowest BCUT2D eigenvalue weighted by atomic mass is 10.3. The summed E-state index contributed by atoms with van der Waals surface area (Å²) in [4.78, 5) is 26.8. The number of aromatic amines is 1. The third-order valence-electron chi connectivity index (χ3n) is 2.74. The highest BCUT2D eigenvalue weighted by Gasteiger charge is 2.17. The Morgan fingerprint density at radius 1 is 1.33 bits per heavy atom. The minimum Gasteiger partial charge on any atom is -0.357 e. The number of nitro groups is 1. The molecule has 0 spiro atoms. The second kappa shape index (κ2) is 5.37. The molecule has 106 valence electrons. The number of nitrogens with one attached hydrogen (secondary N) is 2. The van der Waals surface area contributed by atoms with Gasteiger partial charge < -0.3 is 10.3 Å². The molecule has 3 aromatic rings. The summed E-state index contributed by atoms with van der Waals surface area (Å²) in [6.07, 6.45) is 1.52. The van der Waals surface area contributed by atoms with Crippen molar-refractivity contribution in [2.75, 3.05) is 12.4 Å². The average molecular weight is 302 g/mol. The van der Waals surface area contributed by atoms with Crippen LogP contribution in [0.4, 0.5) is 11.6 Å². The molecule has 0 aliphatic carbocycles. The van der Waals surface area contributed by atoms with E-state index in [9.17, 15) is 10.1 Å². The van der Waals surface area contributed by atoms with Crippen molar-refractivity contribution in [3.05, 3.63) is 40.7 Å². The van der Waals surface area contributed by atoms with Crippen molar-refractivity contribution in [2.24, 2.45) is 0 Å². The van der Waals surface area contributed by atoms with E-state index in [1.54, 1.807) is 25.2 Å². The zero-order valence-electron chi connectivity index (χ0n) is 10.9. The summed E-state index contributed by atoms with van der Waals surface area (Å²) in [6.45, 7) is 0. The van der Waals surface area contributed by atoms with E-state index in [2.05, 4.69) is 25.3 Å². The number of nitrogens with zero attached hydrogens (tertiary/aromatic N) is 4. The van der Waals surface area contributed by atoms with Crippen LogP contribution in [0.25, 0.3) is 11.2 Å². The van der Waals surface area contributed by atoms with Gasteiger partial charge in [0, 0.05) is 13.1 Å². The molecule has 0 saturated carbocycles. The van der Waals surface area contributed by atoms with E-state index in [0.717, 1.165) is 0 Å². The Hall–Kier alpha value is -2.68. The van der Waals surface area contributed by atoms with Gasteiger partial charge >= 0.3 is 0 Å². The molecular formula is C12H10N6O2S. The molecule has 0 bridgehead atoms. The zero-order chi connectivity index (χ0) is 14.8. The van der Waals surface area contributed by atoms with Gasteiger partial charge in [0.05, 0.1) is 16.1 Å². The number of para-hydroxylation sites is 1. The van der Waals surface area contributed by atoms with E-state index in [0.29, 0.717) is 27.0 Å². The van der Waals surface area contributed by atoms with E-state index in [4.69, 9.17) is 0 Å². The van der Waals surface area contributed by atoms with Gasteiger partial charge in [-0.25, -0.2) is 9.97 Å². The van der Waals surface area contributed by atoms with Crippen LogP contribution in [0, 0.1) is 10.1 Å². The van der Waals surface area contributed by atoms with Crippen LogP contribution in [0.1, 0.15) is 0 Å². The summed E-state index contributed by atoms with van der Waals surface area (Å²) in [6, 6.07) is 6.53. The van der Waals surface area contributed by atoms with Crippen molar-refractivity contribution in [2.45, 2.75) is 9.92 Å². The maximum atomic E-state index is 11.1. The maximum Gasteiger partial charge on any atom is 0.283 e. The molecule has 9 heteroatoms. The van der Waals surface area contributed by atoms with Crippen LogP contribution in [0.5, 0.6) is 0 Å². The third kappa shape index (κ3) is 2.50. The number of anilines is 1. The first-order valence-corrected chi connectivity index (χ1v) is 6.81. The Balaban J connectivity index is 2.10. The molecule has 3 rings (SSSR count). The van der Waals surface area contributed by atoms with Gasteiger partial charge in [-0.15, -0.1) is 0 Å². The first-order valence-electron chi connectivity index (χ1n) is 5.99. The smallest absolute Gasteiger partial charge is 0.283 e. The molecule has 0 aliphatic heterocycles. The summed E-state index contributed by atoms with van der Waals surface area (Å²) in [5, 5.41) is 14.5. The van der Waals surface area contributed by atoms with Crippen molar-refractivity contribution in [3.8, 4) is 0 Å². The van der Waals surface area contributed by atoms with Crippen molar-refractivity contribution in [1.82, 2.24) is 19.9 Å². The van der Waals surface area contributed by atoms with Crippen molar-refractivity contribution < 1.29 is 4.92 Å². The predicted octanol–water partition coefficient (Wildman–Crippen LogP) is 2.45. The minimum atomic E-state index is -0.410. The Kier molecular flexibility index (Phi) is 3.40. The van der Waals surface area contributed by atoms with E-state index >= 15 is 0 Å². The molecular weight excluding hydrogens is 292 g/mol. The highest BCUT2D eigenvalue weighted by molar-refractivity contribution is 7.99. The molecule has 2 aromatic heterocycles. The fraction of sp³-hybridized carbons (Fsp3) is 0.0833. The number of fused-ring (bicyclic) bond motifs is 1. The lowest BCUT2D eigenvalue weighted by molar-refractivity contribution is -0.387. The summed E-state index contributed by atoms with van der Waals surface area (Å²) in [7, 11) is 1.70. The molecule has 0 unspecified atom stereocenters. The fourth-order valence-electron chi connectivity index (χ4n) is 1.79. The molecule has 21 heavy (non-hydrogen) atoms. The molecule has 0 aliphatic rings. The van der Waals surface area contributed by atoms with Crippen LogP contribution in [0.15, 0.2) is 40.5 Å². The number of hydrogen-bond donors (Lipinski definition) is 2. The van der Waals surface area contributed by atoms with Crippen molar-refractivity contribution >= 4 is 34.6 Å². The molecule has 2 N–H and O–H groups in total. The van der Waals surface area contributed by atoms with E-state index in [1.165, 1.54) is 24.2 Å². The Bertz CT molecular complexity index is 818.